The van der Waals surface area contributed by atoms with E-state index in [1.807, 2.05) is 0 Å². The molecule has 1 amide bonds. The molecule has 1 heterocycles. The summed E-state index contributed by atoms with van der Waals surface area (Å²) < 4.78 is 5.96. The number of amides is 1. The number of ether oxygens (including phenoxy) is 1. The number of likely N-dealkylation sites (tertiary alicyclic amines) is 1. The maximum absolute atomic E-state index is 13.8. The number of carbonyl (C=O) groups is 1. The average Bonchev–Trinajstić information content (AvgIpc) is 2.86. The lowest BCUT2D eigenvalue weighted by molar-refractivity contribution is -0.385. The van der Waals surface area contributed by atoms with E-state index in [-0.39, 0.29) is 34.3 Å². The molecule has 0 aromatic heterocycles. The van der Waals surface area contributed by atoms with E-state index in [1.165, 1.54) is 24.3 Å². The summed E-state index contributed by atoms with van der Waals surface area (Å²) in [5, 5.41) is 23.3. The molecule has 0 aliphatic carbocycles. The summed E-state index contributed by atoms with van der Waals surface area (Å²) in [6.45, 7) is 1.15. The number of rotatable bonds is 7. The van der Waals surface area contributed by atoms with Crippen molar-refractivity contribution in [1.82, 2.24) is 4.90 Å². The van der Waals surface area contributed by atoms with E-state index in [1.54, 1.807) is 53.4 Å². The van der Waals surface area contributed by atoms with Crippen molar-refractivity contribution in [3.8, 4) is 11.5 Å². The van der Waals surface area contributed by atoms with Crippen molar-refractivity contribution in [2.24, 2.45) is 0 Å². The predicted octanol–water partition coefficient (Wildman–Crippen LogP) is 5.44. The van der Waals surface area contributed by atoms with Crippen LogP contribution in [0.15, 0.2) is 72.8 Å². The van der Waals surface area contributed by atoms with E-state index >= 15 is 0 Å². The number of hydrogen-bond acceptors (Lipinski definition) is 6. The van der Waals surface area contributed by atoms with Gasteiger partial charge in [0.05, 0.1) is 15.8 Å². The first kappa shape index (κ1) is 22.9. The predicted molar refractivity (Wildman–Crippen MR) is 125 cm³/mol. The highest BCUT2D eigenvalue weighted by atomic mass is 16.6. The summed E-state index contributed by atoms with van der Waals surface area (Å²) >= 11 is 0. The van der Waals surface area contributed by atoms with Crippen molar-refractivity contribution in [3.63, 3.8) is 0 Å². The Hall–Kier alpha value is -4.27. The van der Waals surface area contributed by atoms with Crippen molar-refractivity contribution < 1.29 is 19.4 Å². The first-order valence-electron chi connectivity index (χ1n) is 11.0. The zero-order valence-corrected chi connectivity index (χ0v) is 18.3. The van der Waals surface area contributed by atoms with Gasteiger partial charge in [-0.15, -0.1) is 0 Å². The smallest absolute Gasteiger partial charge is 0.311 e. The number of hydrogen-bond donors (Lipinski definition) is 0. The van der Waals surface area contributed by atoms with Gasteiger partial charge in [-0.05, 0) is 31.4 Å². The van der Waals surface area contributed by atoms with Gasteiger partial charge in [0.1, 0.15) is 5.75 Å². The summed E-state index contributed by atoms with van der Waals surface area (Å²) in [4.78, 5) is 37.8. The second-order valence-electron chi connectivity index (χ2n) is 8.00. The maximum atomic E-state index is 13.8. The normalized spacial score (nSPS) is 14.3. The summed E-state index contributed by atoms with van der Waals surface area (Å²) in [5.41, 5.74) is 0.271. The van der Waals surface area contributed by atoms with Crippen LogP contribution in [0.25, 0.3) is 0 Å². The van der Waals surface area contributed by atoms with Crippen molar-refractivity contribution in [2.75, 3.05) is 13.1 Å². The second-order valence-corrected chi connectivity index (χ2v) is 8.00. The Balaban J connectivity index is 1.84. The van der Waals surface area contributed by atoms with Crippen LogP contribution in [0, 0.1) is 20.2 Å². The van der Waals surface area contributed by atoms with Gasteiger partial charge in [-0.25, -0.2) is 0 Å². The van der Waals surface area contributed by atoms with Crippen LogP contribution >= 0.6 is 0 Å². The molecule has 1 saturated heterocycles. The highest BCUT2D eigenvalue weighted by Gasteiger charge is 2.35. The van der Waals surface area contributed by atoms with E-state index in [0.717, 1.165) is 19.3 Å². The molecule has 0 bridgehead atoms. The average molecular weight is 461 g/mol. The molecule has 0 spiro atoms. The summed E-state index contributed by atoms with van der Waals surface area (Å²) in [5.74, 6) is -1.01. The largest absolute Gasteiger partial charge is 0.450 e. The van der Waals surface area contributed by atoms with Gasteiger partial charge in [0.15, 0.2) is 0 Å². The molecule has 4 rings (SSSR count). The fourth-order valence-electron chi connectivity index (χ4n) is 4.25. The molecule has 34 heavy (non-hydrogen) atoms. The minimum Gasteiger partial charge on any atom is -0.450 e. The molecule has 3 aromatic carbocycles. The van der Waals surface area contributed by atoms with Gasteiger partial charge < -0.3 is 9.64 Å². The number of benzene rings is 3. The number of nitro groups is 2. The van der Waals surface area contributed by atoms with Crippen LogP contribution in [0.5, 0.6) is 11.5 Å². The van der Waals surface area contributed by atoms with Crippen LogP contribution in [0.2, 0.25) is 0 Å². The first-order chi connectivity index (χ1) is 16.5. The molecule has 9 heteroatoms. The monoisotopic (exact) mass is 461 g/mol. The Labute approximate surface area is 195 Å². The Kier molecular flexibility index (Phi) is 6.82. The number of piperidine rings is 1. The second kappa shape index (κ2) is 10.1. The van der Waals surface area contributed by atoms with Crippen LogP contribution < -0.4 is 4.74 Å². The number of carbonyl (C=O) groups excluding carboxylic acids is 1. The molecule has 9 nitrogen and oxygen atoms in total. The number of nitrogens with zero attached hydrogens (tertiary/aromatic N) is 3. The van der Waals surface area contributed by atoms with Gasteiger partial charge >= 0.3 is 5.69 Å². The van der Waals surface area contributed by atoms with E-state index in [0.29, 0.717) is 18.7 Å². The molecule has 3 aromatic rings. The van der Waals surface area contributed by atoms with E-state index in [4.69, 9.17) is 4.74 Å². The number of para-hydroxylation sites is 4. The molecule has 0 N–H and O–H groups in total. The van der Waals surface area contributed by atoms with Crippen LogP contribution in [-0.4, -0.2) is 33.7 Å². The molecule has 1 aliphatic heterocycles. The molecular formula is C25H23N3O6. The Morgan fingerprint density at radius 2 is 1.26 bits per heavy atom. The minimum atomic E-state index is -1.00. The maximum Gasteiger partial charge on any atom is 0.311 e. The van der Waals surface area contributed by atoms with Gasteiger partial charge in [-0.2, -0.15) is 0 Å². The third-order valence-electron chi connectivity index (χ3n) is 5.87. The lowest BCUT2D eigenvalue weighted by Gasteiger charge is -2.31. The van der Waals surface area contributed by atoms with Crippen molar-refractivity contribution in [1.29, 1.82) is 0 Å². The SMILES string of the molecule is O=C(C(c1ccccc1Oc1ccccc1[N+](=O)[O-])c1ccccc1[N+](=O)[O-])N1CCCCC1. The van der Waals surface area contributed by atoms with Crippen LogP contribution in [0.1, 0.15) is 36.3 Å². The van der Waals surface area contributed by atoms with Crippen molar-refractivity contribution >= 4 is 17.3 Å². The summed E-state index contributed by atoms with van der Waals surface area (Å²) in [6.07, 6.45) is 2.75. The minimum absolute atomic E-state index is 0.0201. The summed E-state index contributed by atoms with van der Waals surface area (Å²) in [7, 11) is 0. The molecular weight excluding hydrogens is 438 g/mol. The molecule has 0 radical (unpaired) electrons. The van der Waals surface area contributed by atoms with Gasteiger partial charge in [-0.1, -0.05) is 48.5 Å². The van der Waals surface area contributed by atoms with Crippen LogP contribution in [-0.2, 0) is 4.79 Å². The quantitative estimate of drug-likeness (QED) is 0.342. The highest BCUT2D eigenvalue weighted by Crippen LogP contribution is 2.41. The Morgan fingerprint density at radius 3 is 1.91 bits per heavy atom. The fourth-order valence-corrected chi connectivity index (χ4v) is 4.25. The van der Waals surface area contributed by atoms with E-state index in [2.05, 4.69) is 0 Å². The van der Waals surface area contributed by atoms with Gasteiger partial charge in [0.2, 0.25) is 11.7 Å². The lowest BCUT2D eigenvalue weighted by Crippen LogP contribution is -2.39. The topological polar surface area (TPSA) is 116 Å². The summed E-state index contributed by atoms with van der Waals surface area (Å²) in [6, 6.07) is 18.8. The lowest BCUT2D eigenvalue weighted by atomic mass is 9.87. The van der Waals surface area contributed by atoms with Crippen LogP contribution in [0.4, 0.5) is 11.4 Å². The van der Waals surface area contributed by atoms with Gasteiger partial charge in [0.25, 0.3) is 5.69 Å². The van der Waals surface area contributed by atoms with E-state index < -0.39 is 15.8 Å². The van der Waals surface area contributed by atoms with Crippen molar-refractivity contribution in [3.05, 3.63) is 104 Å². The molecule has 1 atom stereocenters. The molecule has 1 fully saturated rings. The zero-order valence-electron chi connectivity index (χ0n) is 18.3. The Morgan fingerprint density at radius 1 is 0.735 bits per heavy atom. The molecule has 1 unspecified atom stereocenters. The van der Waals surface area contributed by atoms with E-state index in [9.17, 15) is 25.0 Å². The zero-order chi connectivity index (χ0) is 24.1. The molecule has 174 valence electrons. The highest BCUT2D eigenvalue weighted by molar-refractivity contribution is 5.89. The van der Waals surface area contributed by atoms with Gasteiger partial charge in [0, 0.05) is 36.3 Å². The molecule has 0 saturated carbocycles. The third kappa shape index (κ3) is 4.73. The van der Waals surface area contributed by atoms with Crippen LogP contribution in [0.3, 0.4) is 0 Å². The fraction of sp³-hybridized carbons (Fsp3) is 0.240. The standard InChI is InChI=1S/C25H23N3O6/c29-25(26-16-8-1-9-17-26)24(18-10-2-4-12-20(18)27(30)31)19-11-3-6-14-22(19)34-23-15-7-5-13-21(23)28(32)33/h2-7,10-15,24H,1,8-9,16-17H2. The third-order valence-corrected chi connectivity index (χ3v) is 5.87. The van der Waals surface area contributed by atoms with Gasteiger partial charge in [-0.3, -0.25) is 25.0 Å². The number of nitro benzene ring substituents is 2. The van der Waals surface area contributed by atoms with Crippen molar-refractivity contribution in [2.45, 2.75) is 25.2 Å². The first-order valence-corrected chi connectivity index (χ1v) is 11.0. The molecule has 1 aliphatic rings. The Bertz CT molecular complexity index is 1220.